The smallest absolute Gasteiger partial charge is 0.222 e. The number of aliphatic imine (C=N–C) groups is 1. The molecule has 2 aliphatic carbocycles. The zero-order valence-corrected chi connectivity index (χ0v) is 16.0. The van der Waals surface area contributed by atoms with Crippen molar-refractivity contribution in [3.05, 3.63) is 0 Å². The van der Waals surface area contributed by atoms with Crippen LogP contribution in [0.5, 0.6) is 0 Å². The van der Waals surface area contributed by atoms with E-state index in [4.69, 9.17) is 0 Å². The van der Waals surface area contributed by atoms with E-state index in [1.54, 1.807) is 0 Å². The summed E-state index contributed by atoms with van der Waals surface area (Å²) >= 11 is 0. The summed E-state index contributed by atoms with van der Waals surface area (Å²) in [5.74, 6) is 1.00. The second-order valence-electron chi connectivity index (χ2n) is 6.19. The van der Waals surface area contributed by atoms with Gasteiger partial charge in [0.25, 0.3) is 0 Å². The van der Waals surface area contributed by atoms with Crippen LogP contribution in [0.4, 0.5) is 0 Å². The Bertz CT molecular complexity index is 350. The number of halogens is 1. The van der Waals surface area contributed by atoms with Crippen LogP contribution in [0.3, 0.4) is 0 Å². The van der Waals surface area contributed by atoms with Gasteiger partial charge in [0.05, 0.1) is 6.54 Å². The lowest BCUT2D eigenvalue weighted by atomic mass is 10.2. The molecule has 0 unspecified atom stereocenters. The van der Waals surface area contributed by atoms with Crippen LogP contribution in [0.25, 0.3) is 0 Å². The van der Waals surface area contributed by atoms with E-state index in [2.05, 4.69) is 27.9 Å². The Morgan fingerprint density at radius 2 is 1.55 bits per heavy atom. The Morgan fingerprint density at radius 3 is 2.09 bits per heavy atom. The minimum Gasteiger partial charge on any atom is -0.357 e. The van der Waals surface area contributed by atoms with Crippen LogP contribution in [0.15, 0.2) is 4.99 Å². The summed E-state index contributed by atoms with van der Waals surface area (Å²) in [6, 6.07) is 0.960. The fourth-order valence-corrected chi connectivity index (χ4v) is 3.22. The first-order valence-corrected chi connectivity index (χ1v) is 8.62. The Hall–Kier alpha value is -0.530. The average Bonchev–Trinajstić information content (AvgIpc) is 3.12. The predicted octanol–water partition coefficient (Wildman–Crippen LogP) is 2.55. The van der Waals surface area contributed by atoms with Crippen molar-refractivity contribution in [3.8, 4) is 0 Å². The molecule has 0 aromatic carbocycles. The maximum atomic E-state index is 11.9. The fourth-order valence-electron chi connectivity index (χ4n) is 3.22. The van der Waals surface area contributed by atoms with Crippen LogP contribution in [0.2, 0.25) is 0 Å². The number of nitrogens with one attached hydrogen (secondary N) is 3. The maximum absolute atomic E-state index is 11.9. The summed E-state index contributed by atoms with van der Waals surface area (Å²) in [4.78, 5) is 16.4. The van der Waals surface area contributed by atoms with Crippen molar-refractivity contribution in [3.63, 3.8) is 0 Å². The summed E-state index contributed by atoms with van der Waals surface area (Å²) in [7, 11) is 0. The molecule has 5 nitrogen and oxygen atoms in total. The molecule has 0 aromatic rings. The lowest BCUT2D eigenvalue weighted by molar-refractivity contribution is -0.121. The van der Waals surface area contributed by atoms with Gasteiger partial charge in [-0.15, -0.1) is 24.0 Å². The first kappa shape index (κ1) is 19.5. The fraction of sp³-hybridized carbons (Fsp3) is 0.875. The first-order valence-electron chi connectivity index (χ1n) is 8.62. The molecular weight excluding hydrogens is 391 g/mol. The van der Waals surface area contributed by atoms with Gasteiger partial charge in [-0.25, -0.2) is 0 Å². The minimum atomic E-state index is 0. The zero-order chi connectivity index (χ0) is 14.9. The molecule has 0 aromatic heterocycles. The number of amides is 1. The van der Waals surface area contributed by atoms with Crippen LogP contribution in [0, 0.1) is 0 Å². The summed E-state index contributed by atoms with van der Waals surface area (Å²) in [5, 5.41) is 9.84. The number of carbonyl (C=O) groups is 1. The number of guanidine groups is 1. The van der Waals surface area contributed by atoms with Crippen molar-refractivity contribution in [2.24, 2.45) is 4.99 Å². The zero-order valence-electron chi connectivity index (χ0n) is 13.7. The third-order valence-electron chi connectivity index (χ3n) is 4.37. The standard InChI is InChI=1S/C16H30N4O.HI/c1-2-17-16(20-14-9-5-6-10-14)18-12-11-15(21)19-13-7-3-4-8-13;/h13-14H,2-12H2,1H3,(H,19,21)(H2,17,18,20);1H. The maximum Gasteiger partial charge on any atom is 0.222 e. The van der Waals surface area contributed by atoms with E-state index in [9.17, 15) is 4.79 Å². The van der Waals surface area contributed by atoms with Gasteiger partial charge in [-0.3, -0.25) is 9.79 Å². The molecule has 0 heterocycles. The minimum absolute atomic E-state index is 0. The molecule has 2 fully saturated rings. The van der Waals surface area contributed by atoms with Gasteiger partial charge in [-0.05, 0) is 32.6 Å². The molecule has 0 radical (unpaired) electrons. The van der Waals surface area contributed by atoms with E-state index in [1.165, 1.54) is 38.5 Å². The molecule has 0 atom stereocenters. The Morgan fingerprint density at radius 1 is 1.00 bits per heavy atom. The molecule has 0 aliphatic heterocycles. The van der Waals surface area contributed by atoms with Gasteiger partial charge in [0.1, 0.15) is 0 Å². The number of hydrogen-bond donors (Lipinski definition) is 3. The molecule has 2 aliphatic rings. The highest BCUT2D eigenvalue weighted by atomic mass is 127. The lowest BCUT2D eigenvalue weighted by Gasteiger charge is -2.16. The van der Waals surface area contributed by atoms with Crippen LogP contribution in [-0.2, 0) is 4.79 Å². The molecule has 1 amide bonds. The van der Waals surface area contributed by atoms with Crippen molar-refractivity contribution in [2.75, 3.05) is 13.1 Å². The van der Waals surface area contributed by atoms with Gasteiger partial charge in [-0.2, -0.15) is 0 Å². The van der Waals surface area contributed by atoms with E-state index in [1.807, 2.05) is 0 Å². The summed E-state index contributed by atoms with van der Waals surface area (Å²) in [6.07, 6.45) is 10.3. The molecular formula is C16H31IN4O. The van der Waals surface area contributed by atoms with E-state index < -0.39 is 0 Å². The van der Waals surface area contributed by atoms with E-state index in [0.29, 0.717) is 25.0 Å². The molecule has 2 rings (SSSR count). The van der Waals surface area contributed by atoms with Gasteiger partial charge in [0.15, 0.2) is 5.96 Å². The Kier molecular flexibility index (Phi) is 9.82. The second kappa shape index (κ2) is 11.1. The van der Waals surface area contributed by atoms with Crippen LogP contribution in [0.1, 0.15) is 64.7 Å². The number of nitrogens with zero attached hydrogens (tertiary/aromatic N) is 1. The number of carbonyl (C=O) groups excluding carboxylic acids is 1. The average molecular weight is 422 g/mol. The van der Waals surface area contributed by atoms with Crippen LogP contribution >= 0.6 is 24.0 Å². The molecule has 3 N–H and O–H groups in total. The van der Waals surface area contributed by atoms with Crippen molar-refractivity contribution >= 4 is 35.8 Å². The SMILES string of the molecule is CCNC(=NCCC(=O)NC1CCCC1)NC1CCCC1.I. The number of hydrogen-bond acceptors (Lipinski definition) is 2. The van der Waals surface area contributed by atoms with E-state index in [-0.39, 0.29) is 29.9 Å². The third-order valence-corrected chi connectivity index (χ3v) is 4.37. The molecule has 0 spiro atoms. The third kappa shape index (κ3) is 7.15. The largest absolute Gasteiger partial charge is 0.357 e. The highest BCUT2D eigenvalue weighted by molar-refractivity contribution is 14.0. The molecule has 128 valence electrons. The molecule has 2 saturated carbocycles. The van der Waals surface area contributed by atoms with Crippen molar-refractivity contribution in [2.45, 2.75) is 76.8 Å². The Balaban J connectivity index is 0.00000242. The van der Waals surface area contributed by atoms with Crippen LogP contribution in [-0.4, -0.2) is 37.0 Å². The second-order valence-corrected chi connectivity index (χ2v) is 6.19. The predicted molar refractivity (Wildman–Crippen MR) is 102 cm³/mol. The summed E-state index contributed by atoms with van der Waals surface area (Å²) in [5.41, 5.74) is 0. The van der Waals surface area contributed by atoms with E-state index >= 15 is 0 Å². The molecule has 0 saturated heterocycles. The highest BCUT2D eigenvalue weighted by Gasteiger charge is 2.17. The number of rotatable bonds is 6. The first-order chi connectivity index (χ1) is 10.3. The monoisotopic (exact) mass is 422 g/mol. The highest BCUT2D eigenvalue weighted by Crippen LogP contribution is 2.18. The van der Waals surface area contributed by atoms with Gasteiger partial charge in [0, 0.05) is 25.0 Å². The van der Waals surface area contributed by atoms with E-state index in [0.717, 1.165) is 25.3 Å². The van der Waals surface area contributed by atoms with Gasteiger partial charge >= 0.3 is 0 Å². The normalized spacial score (nSPS) is 19.8. The molecule has 22 heavy (non-hydrogen) atoms. The van der Waals surface area contributed by atoms with Gasteiger partial charge in [-0.1, -0.05) is 25.7 Å². The van der Waals surface area contributed by atoms with Crippen molar-refractivity contribution < 1.29 is 4.79 Å². The van der Waals surface area contributed by atoms with Crippen LogP contribution < -0.4 is 16.0 Å². The summed E-state index contributed by atoms with van der Waals surface area (Å²) in [6.45, 7) is 3.48. The molecule has 0 bridgehead atoms. The summed E-state index contributed by atoms with van der Waals surface area (Å²) < 4.78 is 0. The Labute approximate surface area is 151 Å². The van der Waals surface area contributed by atoms with Gasteiger partial charge < -0.3 is 16.0 Å². The molecule has 6 heteroatoms. The van der Waals surface area contributed by atoms with Crippen molar-refractivity contribution in [1.82, 2.24) is 16.0 Å². The lowest BCUT2D eigenvalue weighted by Crippen LogP contribution is -2.42. The van der Waals surface area contributed by atoms with Crippen molar-refractivity contribution in [1.29, 1.82) is 0 Å². The van der Waals surface area contributed by atoms with Gasteiger partial charge in [0.2, 0.25) is 5.91 Å². The quantitative estimate of drug-likeness (QED) is 0.350. The topological polar surface area (TPSA) is 65.5 Å².